The van der Waals surface area contributed by atoms with Crippen LogP contribution in [0, 0.1) is 0 Å². The molecule has 2 atom stereocenters. The van der Waals surface area contributed by atoms with Crippen molar-refractivity contribution in [2.24, 2.45) is 0 Å². The number of sulfone groups is 1. The molecule has 6 heteroatoms. The molecule has 1 aromatic rings. The Labute approximate surface area is 117 Å². The summed E-state index contributed by atoms with van der Waals surface area (Å²) in [6, 6.07) is 2.47. The summed E-state index contributed by atoms with van der Waals surface area (Å²) in [5.41, 5.74) is 1.34. The van der Waals surface area contributed by atoms with Crippen LogP contribution in [0.4, 0.5) is 0 Å². The first-order chi connectivity index (χ1) is 8.52. The number of thiophene rings is 1. The Kier molecular flexibility index (Phi) is 4.75. The van der Waals surface area contributed by atoms with Crippen molar-refractivity contribution >= 4 is 32.9 Å². The molecule has 1 aliphatic heterocycles. The molecule has 0 saturated heterocycles. The minimum Gasteiger partial charge on any atom is -0.309 e. The molecule has 1 N–H and O–H groups in total. The molecule has 2 rings (SSSR count). The first-order valence-corrected chi connectivity index (χ1v) is 9.77. The Hall–Kier alpha value is -0.0400. The monoisotopic (exact) mass is 305 g/mol. The van der Waals surface area contributed by atoms with Crippen molar-refractivity contribution in [2.45, 2.75) is 35.8 Å². The van der Waals surface area contributed by atoms with Crippen LogP contribution in [0.15, 0.2) is 15.7 Å². The van der Waals surface area contributed by atoms with Crippen molar-refractivity contribution in [3.8, 4) is 0 Å². The fourth-order valence-corrected chi connectivity index (χ4v) is 5.36. The van der Waals surface area contributed by atoms with Crippen LogP contribution in [0.3, 0.4) is 0 Å². The molecule has 0 saturated carbocycles. The van der Waals surface area contributed by atoms with Gasteiger partial charge in [-0.2, -0.15) is 0 Å². The zero-order chi connectivity index (χ0) is 13.2. The topological polar surface area (TPSA) is 46.2 Å². The van der Waals surface area contributed by atoms with Crippen molar-refractivity contribution < 1.29 is 8.42 Å². The number of thioether (sulfide) groups is 1. The van der Waals surface area contributed by atoms with Gasteiger partial charge in [0.15, 0.2) is 9.84 Å². The highest BCUT2D eigenvalue weighted by Crippen LogP contribution is 2.43. The van der Waals surface area contributed by atoms with Crippen LogP contribution >= 0.6 is 23.1 Å². The molecule has 0 amide bonds. The van der Waals surface area contributed by atoms with E-state index in [4.69, 9.17) is 0 Å². The van der Waals surface area contributed by atoms with Crippen LogP contribution in [-0.2, 0) is 9.84 Å². The second-order valence-electron chi connectivity index (χ2n) is 4.57. The van der Waals surface area contributed by atoms with Gasteiger partial charge >= 0.3 is 0 Å². The van der Waals surface area contributed by atoms with Gasteiger partial charge in [-0.25, -0.2) is 8.42 Å². The lowest BCUT2D eigenvalue weighted by Gasteiger charge is -2.27. The van der Waals surface area contributed by atoms with Crippen molar-refractivity contribution in [3.05, 3.63) is 17.0 Å². The molecule has 0 aliphatic carbocycles. The lowest BCUT2D eigenvalue weighted by Crippen LogP contribution is -2.30. The lowest BCUT2D eigenvalue weighted by molar-refractivity contribution is 0.501. The van der Waals surface area contributed by atoms with E-state index in [-0.39, 0.29) is 11.5 Å². The van der Waals surface area contributed by atoms with Crippen LogP contribution < -0.4 is 5.32 Å². The smallest absolute Gasteiger partial charge is 0.151 e. The van der Waals surface area contributed by atoms with E-state index < -0.39 is 9.84 Å². The fraction of sp³-hybridized carbons (Fsp3) is 0.667. The summed E-state index contributed by atoms with van der Waals surface area (Å²) >= 11 is 3.71. The summed E-state index contributed by atoms with van der Waals surface area (Å²) in [6.07, 6.45) is 1.07. The predicted molar refractivity (Wildman–Crippen MR) is 79.3 cm³/mol. The Bertz CT molecular complexity index is 495. The Morgan fingerprint density at radius 1 is 1.50 bits per heavy atom. The molecular formula is C12H19NO2S3. The predicted octanol–water partition coefficient (Wildman–Crippen LogP) is 2.70. The second-order valence-corrected chi connectivity index (χ2v) is 9.67. The third kappa shape index (κ3) is 3.50. The van der Waals surface area contributed by atoms with Crippen LogP contribution in [0.5, 0.6) is 0 Å². The van der Waals surface area contributed by atoms with E-state index in [0.717, 1.165) is 6.42 Å². The first kappa shape index (κ1) is 14.4. The normalized spacial score (nSPS) is 23.9. The highest BCUT2D eigenvalue weighted by Gasteiger charge is 2.25. The number of rotatable bonds is 5. The van der Waals surface area contributed by atoms with Gasteiger partial charge in [-0.3, -0.25) is 0 Å². The molecule has 1 unspecified atom stereocenters. The number of nitrogens with one attached hydrogen (secondary N) is 1. The van der Waals surface area contributed by atoms with Crippen LogP contribution in [0.2, 0.25) is 0 Å². The van der Waals surface area contributed by atoms with E-state index >= 15 is 0 Å². The maximum atomic E-state index is 11.5. The van der Waals surface area contributed by atoms with E-state index in [9.17, 15) is 8.42 Å². The van der Waals surface area contributed by atoms with Gasteiger partial charge in [0.25, 0.3) is 0 Å². The van der Waals surface area contributed by atoms with Gasteiger partial charge < -0.3 is 5.32 Å². The maximum Gasteiger partial charge on any atom is 0.151 e. The summed E-state index contributed by atoms with van der Waals surface area (Å²) < 4.78 is 24.3. The van der Waals surface area contributed by atoms with Crippen LogP contribution in [-0.4, -0.2) is 31.7 Å². The third-order valence-corrected chi connectivity index (χ3v) is 7.20. The zero-order valence-corrected chi connectivity index (χ0v) is 13.1. The van der Waals surface area contributed by atoms with E-state index in [1.807, 2.05) is 11.8 Å². The largest absolute Gasteiger partial charge is 0.309 e. The molecule has 0 radical (unpaired) electrons. The fourth-order valence-electron chi connectivity index (χ4n) is 2.08. The highest BCUT2D eigenvalue weighted by atomic mass is 32.2. The SMILES string of the molecule is CCS(=O)(=O)CCNC1C[C@H](C)Sc2sccc21. The molecule has 0 bridgehead atoms. The highest BCUT2D eigenvalue weighted by molar-refractivity contribution is 8.01. The van der Waals surface area contributed by atoms with Gasteiger partial charge in [-0.15, -0.1) is 23.1 Å². The summed E-state index contributed by atoms with van der Waals surface area (Å²) in [4.78, 5) is 0. The van der Waals surface area contributed by atoms with Gasteiger partial charge in [0.1, 0.15) is 0 Å². The minimum absolute atomic E-state index is 0.231. The number of hydrogen-bond acceptors (Lipinski definition) is 5. The average Bonchev–Trinajstić information content (AvgIpc) is 2.76. The van der Waals surface area contributed by atoms with E-state index in [1.54, 1.807) is 18.3 Å². The molecule has 0 spiro atoms. The van der Waals surface area contributed by atoms with Gasteiger partial charge in [0, 0.05) is 23.6 Å². The molecule has 102 valence electrons. The van der Waals surface area contributed by atoms with Crippen LogP contribution in [0.1, 0.15) is 31.9 Å². The molecule has 18 heavy (non-hydrogen) atoms. The van der Waals surface area contributed by atoms with Crippen molar-refractivity contribution in [1.29, 1.82) is 0 Å². The zero-order valence-electron chi connectivity index (χ0n) is 10.7. The van der Waals surface area contributed by atoms with Gasteiger partial charge in [-0.05, 0) is 23.4 Å². The molecule has 2 heterocycles. The summed E-state index contributed by atoms with van der Waals surface area (Å²) in [7, 11) is -2.86. The summed E-state index contributed by atoms with van der Waals surface area (Å²) in [5, 5.41) is 6.11. The quantitative estimate of drug-likeness (QED) is 0.908. The molecule has 1 aromatic heterocycles. The lowest BCUT2D eigenvalue weighted by atomic mass is 10.1. The molecule has 1 aliphatic rings. The molecular weight excluding hydrogens is 286 g/mol. The van der Waals surface area contributed by atoms with Gasteiger partial charge in [0.05, 0.1) is 9.96 Å². The maximum absolute atomic E-state index is 11.5. The second kappa shape index (κ2) is 5.94. The number of hydrogen-bond donors (Lipinski definition) is 1. The standard InChI is InChI=1S/C12H19NO2S3/c1-3-18(14,15)7-5-13-11-8-9(2)17-12-10(11)4-6-16-12/h4,6,9,11,13H,3,5,7-8H2,1-2H3/t9-,11?/m0/s1. The molecule has 0 fully saturated rings. The van der Waals surface area contributed by atoms with E-state index in [0.29, 0.717) is 17.8 Å². The third-order valence-electron chi connectivity index (χ3n) is 3.15. The van der Waals surface area contributed by atoms with E-state index in [1.165, 1.54) is 9.77 Å². The van der Waals surface area contributed by atoms with Crippen LogP contribution in [0.25, 0.3) is 0 Å². The van der Waals surface area contributed by atoms with Gasteiger partial charge in [-0.1, -0.05) is 13.8 Å². The van der Waals surface area contributed by atoms with Gasteiger partial charge in [0.2, 0.25) is 0 Å². The Morgan fingerprint density at radius 3 is 3.00 bits per heavy atom. The minimum atomic E-state index is -2.86. The molecule has 0 aromatic carbocycles. The first-order valence-electron chi connectivity index (χ1n) is 6.19. The summed E-state index contributed by atoms with van der Waals surface area (Å²) in [6.45, 7) is 4.48. The van der Waals surface area contributed by atoms with Crippen molar-refractivity contribution in [1.82, 2.24) is 5.32 Å². The number of fused-ring (bicyclic) bond motifs is 1. The van der Waals surface area contributed by atoms with Crippen molar-refractivity contribution in [2.75, 3.05) is 18.1 Å². The average molecular weight is 305 g/mol. The van der Waals surface area contributed by atoms with E-state index in [2.05, 4.69) is 23.7 Å². The Morgan fingerprint density at radius 2 is 2.28 bits per heavy atom. The Balaban J connectivity index is 1.95. The summed E-state index contributed by atoms with van der Waals surface area (Å²) in [5.74, 6) is 0.469. The van der Waals surface area contributed by atoms with Crippen molar-refractivity contribution in [3.63, 3.8) is 0 Å². The molecule has 3 nitrogen and oxygen atoms in total.